The second-order valence-corrected chi connectivity index (χ2v) is 3.96. The minimum atomic E-state index is -0.0185. The smallest absolute Gasteiger partial charge is 0.0955 e. The van der Waals surface area contributed by atoms with Gasteiger partial charge in [-0.2, -0.15) is 0 Å². The fourth-order valence-corrected chi connectivity index (χ4v) is 1.31. The van der Waals surface area contributed by atoms with Gasteiger partial charge in [-0.3, -0.25) is 0 Å². The SMILES string of the molecule is C#CC(NC)C(OC)C(C)(C)C. The lowest BCUT2D eigenvalue weighted by atomic mass is 9.85. The van der Waals surface area contributed by atoms with E-state index in [1.165, 1.54) is 0 Å². The summed E-state index contributed by atoms with van der Waals surface area (Å²) in [5, 5.41) is 3.05. The number of likely N-dealkylation sites (N-methyl/N-ethyl adjacent to an activating group) is 1. The van der Waals surface area contributed by atoms with E-state index in [1.807, 2.05) is 7.05 Å². The zero-order valence-electron chi connectivity index (χ0n) is 8.64. The van der Waals surface area contributed by atoms with Crippen LogP contribution < -0.4 is 5.32 Å². The van der Waals surface area contributed by atoms with Crippen LogP contribution in [-0.4, -0.2) is 26.3 Å². The highest BCUT2D eigenvalue weighted by Crippen LogP contribution is 2.23. The topological polar surface area (TPSA) is 21.3 Å². The molecule has 2 atom stereocenters. The molecule has 0 aliphatic heterocycles. The van der Waals surface area contributed by atoms with Gasteiger partial charge in [-0.15, -0.1) is 6.42 Å². The van der Waals surface area contributed by atoms with Crippen molar-refractivity contribution < 1.29 is 4.74 Å². The lowest BCUT2D eigenvalue weighted by Gasteiger charge is -2.33. The molecule has 70 valence electrons. The van der Waals surface area contributed by atoms with Crippen molar-refractivity contribution in [3.05, 3.63) is 0 Å². The van der Waals surface area contributed by atoms with E-state index >= 15 is 0 Å². The maximum absolute atomic E-state index is 5.36. The zero-order chi connectivity index (χ0) is 9.78. The van der Waals surface area contributed by atoms with Crippen molar-refractivity contribution in [1.29, 1.82) is 0 Å². The lowest BCUT2D eigenvalue weighted by Crippen LogP contribution is -2.45. The Kier molecular flexibility index (Phi) is 4.30. The van der Waals surface area contributed by atoms with Gasteiger partial charge in [0.05, 0.1) is 12.1 Å². The second-order valence-electron chi connectivity index (χ2n) is 3.96. The summed E-state index contributed by atoms with van der Waals surface area (Å²) in [6.45, 7) is 6.34. The van der Waals surface area contributed by atoms with Crippen LogP contribution in [0.25, 0.3) is 0 Å². The van der Waals surface area contributed by atoms with E-state index in [0.717, 1.165) is 0 Å². The minimum absolute atomic E-state index is 0.0185. The van der Waals surface area contributed by atoms with Gasteiger partial charge < -0.3 is 10.1 Å². The maximum Gasteiger partial charge on any atom is 0.0955 e. The van der Waals surface area contributed by atoms with Crippen LogP contribution >= 0.6 is 0 Å². The average Bonchev–Trinajstić information content (AvgIpc) is 1.97. The van der Waals surface area contributed by atoms with Crippen LogP contribution in [0.3, 0.4) is 0 Å². The highest BCUT2D eigenvalue weighted by Gasteiger charge is 2.30. The summed E-state index contributed by atoms with van der Waals surface area (Å²) in [5.41, 5.74) is 0.0643. The van der Waals surface area contributed by atoms with E-state index in [4.69, 9.17) is 11.2 Å². The Morgan fingerprint density at radius 3 is 2.00 bits per heavy atom. The molecule has 0 heterocycles. The van der Waals surface area contributed by atoms with Gasteiger partial charge in [0, 0.05) is 7.11 Å². The van der Waals surface area contributed by atoms with Crippen molar-refractivity contribution in [1.82, 2.24) is 5.32 Å². The van der Waals surface area contributed by atoms with Gasteiger partial charge >= 0.3 is 0 Å². The van der Waals surface area contributed by atoms with Crippen molar-refractivity contribution in [2.24, 2.45) is 5.41 Å². The monoisotopic (exact) mass is 169 g/mol. The highest BCUT2D eigenvalue weighted by molar-refractivity contribution is 5.05. The first-order valence-electron chi connectivity index (χ1n) is 4.13. The number of hydrogen-bond acceptors (Lipinski definition) is 2. The van der Waals surface area contributed by atoms with Crippen molar-refractivity contribution in [3.8, 4) is 12.3 Å². The minimum Gasteiger partial charge on any atom is -0.378 e. The number of methoxy groups -OCH3 is 1. The summed E-state index contributed by atoms with van der Waals surface area (Å²) in [4.78, 5) is 0. The summed E-state index contributed by atoms with van der Waals surface area (Å²) in [6, 6.07) is -0.0185. The summed E-state index contributed by atoms with van der Waals surface area (Å²) in [7, 11) is 3.54. The van der Waals surface area contributed by atoms with Crippen molar-refractivity contribution in [3.63, 3.8) is 0 Å². The highest BCUT2D eigenvalue weighted by atomic mass is 16.5. The molecule has 0 aromatic rings. The number of nitrogens with one attached hydrogen (secondary N) is 1. The standard InChI is InChI=1S/C10H19NO/c1-7-8(11-5)9(12-6)10(2,3)4/h1,8-9,11H,2-6H3. The van der Waals surface area contributed by atoms with Gasteiger partial charge in [-0.25, -0.2) is 0 Å². The Balaban J connectivity index is 4.45. The first-order chi connectivity index (χ1) is 5.47. The molecule has 0 aromatic carbocycles. The van der Waals surface area contributed by atoms with Gasteiger partial charge in [0.15, 0.2) is 0 Å². The summed E-state index contributed by atoms with van der Waals surface area (Å²) >= 11 is 0. The van der Waals surface area contributed by atoms with Crippen LogP contribution in [0.1, 0.15) is 20.8 Å². The molecule has 0 fully saturated rings. The van der Waals surface area contributed by atoms with E-state index in [2.05, 4.69) is 32.0 Å². The van der Waals surface area contributed by atoms with Gasteiger partial charge in [0.2, 0.25) is 0 Å². The number of hydrogen-bond donors (Lipinski definition) is 1. The van der Waals surface area contributed by atoms with Crippen LogP contribution in [0.2, 0.25) is 0 Å². The molecule has 1 N–H and O–H groups in total. The van der Waals surface area contributed by atoms with E-state index in [0.29, 0.717) is 0 Å². The predicted octanol–water partition coefficient (Wildman–Crippen LogP) is 1.27. The van der Waals surface area contributed by atoms with Gasteiger partial charge in [0.1, 0.15) is 0 Å². The molecule has 0 aliphatic carbocycles. The van der Waals surface area contributed by atoms with E-state index in [-0.39, 0.29) is 17.6 Å². The molecule has 0 amide bonds. The number of terminal acetylenes is 1. The molecule has 0 saturated carbocycles. The Morgan fingerprint density at radius 2 is 1.92 bits per heavy atom. The van der Waals surface area contributed by atoms with Gasteiger partial charge in [0.25, 0.3) is 0 Å². The summed E-state index contributed by atoms with van der Waals surface area (Å²) in [6.07, 6.45) is 5.41. The van der Waals surface area contributed by atoms with Gasteiger partial charge in [-0.05, 0) is 12.5 Å². The third kappa shape index (κ3) is 2.84. The first-order valence-corrected chi connectivity index (χ1v) is 4.13. The van der Waals surface area contributed by atoms with E-state index in [1.54, 1.807) is 7.11 Å². The van der Waals surface area contributed by atoms with Crippen molar-refractivity contribution in [2.75, 3.05) is 14.2 Å². The lowest BCUT2D eigenvalue weighted by molar-refractivity contribution is 0.00390. The Bertz CT molecular complexity index is 164. The predicted molar refractivity (Wildman–Crippen MR) is 51.9 cm³/mol. The normalized spacial score (nSPS) is 16.7. The van der Waals surface area contributed by atoms with Crippen molar-refractivity contribution in [2.45, 2.75) is 32.9 Å². The summed E-state index contributed by atoms with van der Waals surface area (Å²) in [5.74, 6) is 2.67. The molecule has 0 radical (unpaired) electrons. The molecule has 2 heteroatoms. The molecule has 0 aliphatic rings. The van der Waals surface area contributed by atoms with Crippen LogP contribution in [-0.2, 0) is 4.74 Å². The van der Waals surface area contributed by atoms with E-state index in [9.17, 15) is 0 Å². The Hall–Kier alpha value is -0.520. The van der Waals surface area contributed by atoms with Crippen LogP contribution in [0.15, 0.2) is 0 Å². The molecular formula is C10H19NO. The third-order valence-electron chi connectivity index (χ3n) is 1.90. The molecular weight excluding hydrogens is 150 g/mol. The number of ether oxygens (including phenoxy) is 1. The molecule has 2 unspecified atom stereocenters. The fraction of sp³-hybridized carbons (Fsp3) is 0.800. The largest absolute Gasteiger partial charge is 0.378 e. The second kappa shape index (κ2) is 4.49. The number of rotatable bonds is 3. The molecule has 0 aromatic heterocycles. The van der Waals surface area contributed by atoms with E-state index < -0.39 is 0 Å². The third-order valence-corrected chi connectivity index (χ3v) is 1.90. The fourth-order valence-electron chi connectivity index (χ4n) is 1.31. The van der Waals surface area contributed by atoms with Crippen LogP contribution in [0.5, 0.6) is 0 Å². The summed E-state index contributed by atoms with van der Waals surface area (Å²) < 4.78 is 5.35. The molecule has 0 bridgehead atoms. The molecule has 2 nitrogen and oxygen atoms in total. The average molecular weight is 169 g/mol. The molecule has 12 heavy (non-hydrogen) atoms. The Morgan fingerprint density at radius 1 is 1.42 bits per heavy atom. The van der Waals surface area contributed by atoms with Crippen LogP contribution in [0, 0.1) is 17.8 Å². The maximum atomic E-state index is 5.36. The molecule has 0 saturated heterocycles. The first kappa shape index (κ1) is 11.5. The Labute approximate surface area is 75.7 Å². The molecule has 0 spiro atoms. The quantitative estimate of drug-likeness (QED) is 0.642. The molecule has 0 rings (SSSR count). The van der Waals surface area contributed by atoms with Gasteiger partial charge in [-0.1, -0.05) is 26.7 Å². The zero-order valence-corrected chi connectivity index (χ0v) is 8.64. The van der Waals surface area contributed by atoms with Crippen molar-refractivity contribution >= 4 is 0 Å². The van der Waals surface area contributed by atoms with Crippen LogP contribution in [0.4, 0.5) is 0 Å².